The van der Waals surface area contributed by atoms with Gasteiger partial charge in [0, 0.05) is 17.1 Å². The average molecular weight is 293 g/mol. The molecule has 116 valence electrons. The Morgan fingerprint density at radius 2 is 1.32 bits per heavy atom. The van der Waals surface area contributed by atoms with Gasteiger partial charge in [0.15, 0.2) is 0 Å². The van der Waals surface area contributed by atoms with Gasteiger partial charge < -0.3 is 0 Å². The third-order valence-electron chi connectivity index (χ3n) is 3.22. The first-order chi connectivity index (χ1) is 10.9. The lowest BCUT2D eigenvalue weighted by atomic mass is 10.0. The van der Waals surface area contributed by atoms with Gasteiger partial charge >= 0.3 is 0 Å². The molecule has 0 fully saturated rings. The molecule has 3 rings (SSSR count). The average Bonchev–Trinajstić information content (AvgIpc) is 2.64. The summed E-state index contributed by atoms with van der Waals surface area (Å²) >= 11 is 0. The molecule has 0 aliphatic rings. The second-order valence-corrected chi connectivity index (χ2v) is 4.75. The van der Waals surface area contributed by atoms with E-state index < -0.39 is 0 Å². The van der Waals surface area contributed by atoms with E-state index in [9.17, 15) is 0 Å². The van der Waals surface area contributed by atoms with Crippen LogP contribution in [0.4, 0.5) is 0 Å². The topological polar surface area (TPSA) is 12.9 Å². The van der Waals surface area contributed by atoms with Crippen molar-refractivity contribution in [1.82, 2.24) is 4.98 Å². The van der Waals surface area contributed by atoms with Crippen molar-refractivity contribution in [2.75, 3.05) is 0 Å². The number of aromatic nitrogens is 1. The van der Waals surface area contributed by atoms with Crippen molar-refractivity contribution in [1.29, 1.82) is 0 Å². The lowest BCUT2D eigenvalue weighted by molar-refractivity contribution is 0.886. The predicted molar refractivity (Wildman–Crippen MR) is 99.1 cm³/mol. The van der Waals surface area contributed by atoms with Gasteiger partial charge in [-0.25, -0.2) is 0 Å². The van der Waals surface area contributed by atoms with Crippen LogP contribution in [0.25, 0.3) is 22.0 Å². The highest BCUT2D eigenvalue weighted by atomic mass is 14.7. The number of nitrogens with zero attached hydrogens (tertiary/aromatic N) is 1. The highest BCUT2D eigenvalue weighted by Gasteiger charge is 2.03. The predicted octanol–water partition coefficient (Wildman–Crippen LogP) is 6.73. The molecule has 3 aromatic rings. The van der Waals surface area contributed by atoms with Crippen molar-refractivity contribution in [3.05, 3.63) is 66.9 Å². The van der Waals surface area contributed by atoms with Gasteiger partial charge in [-0.3, -0.25) is 4.98 Å². The zero-order valence-electron chi connectivity index (χ0n) is 14.2. The Balaban J connectivity index is 0.000000354. The summed E-state index contributed by atoms with van der Waals surface area (Å²) in [6.07, 6.45) is 4.50. The number of hydrogen-bond acceptors (Lipinski definition) is 1. The Hall–Kier alpha value is -2.15. The van der Waals surface area contributed by atoms with Crippen molar-refractivity contribution in [3.8, 4) is 11.3 Å². The molecule has 0 amide bonds. The molecule has 0 aliphatic carbocycles. The molecule has 0 spiro atoms. The highest BCUT2D eigenvalue weighted by molar-refractivity contribution is 5.94. The Morgan fingerprint density at radius 3 is 1.95 bits per heavy atom. The minimum Gasteiger partial charge on any atom is -0.256 e. The van der Waals surface area contributed by atoms with E-state index in [1.807, 2.05) is 44.3 Å². The fourth-order valence-electron chi connectivity index (χ4n) is 1.95. The second kappa shape index (κ2) is 10.6. The first-order valence-corrected chi connectivity index (χ1v) is 8.26. The molecule has 22 heavy (non-hydrogen) atoms. The minimum absolute atomic E-state index is 1.05. The molecule has 0 radical (unpaired) electrons. The number of rotatable bonds is 2. The molecule has 0 aliphatic heterocycles. The highest BCUT2D eigenvalue weighted by Crippen LogP contribution is 2.25. The molecule has 0 saturated heterocycles. The van der Waals surface area contributed by atoms with E-state index in [4.69, 9.17) is 0 Å². The maximum atomic E-state index is 4.48. The van der Waals surface area contributed by atoms with Gasteiger partial charge in [-0.2, -0.15) is 0 Å². The molecular formula is C21H27N. The molecule has 1 aromatic heterocycles. The summed E-state index contributed by atoms with van der Waals surface area (Å²) in [5, 5.41) is 2.44. The van der Waals surface area contributed by atoms with Gasteiger partial charge in [0.25, 0.3) is 0 Å². The summed E-state index contributed by atoms with van der Waals surface area (Å²) in [5.74, 6) is 0. The van der Waals surface area contributed by atoms with E-state index in [0.717, 1.165) is 5.69 Å². The van der Waals surface area contributed by atoms with E-state index in [1.165, 1.54) is 29.2 Å². The number of pyridine rings is 1. The smallest absolute Gasteiger partial charge is 0.0780 e. The van der Waals surface area contributed by atoms with Gasteiger partial charge in [0.2, 0.25) is 0 Å². The van der Waals surface area contributed by atoms with Crippen molar-refractivity contribution < 1.29 is 0 Å². The maximum Gasteiger partial charge on any atom is 0.0780 e. The van der Waals surface area contributed by atoms with Crippen LogP contribution in [-0.4, -0.2) is 4.98 Å². The van der Waals surface area contributed by atoms with Gasteiger partial charge in [-0.1, -0.05) is 95.1 Å². The van der Waals surface area contributed by atoms with Crippen molar-refractivity contribution >= 4 is 10.8 Å². The first kappa shape index (κ1) is 17.9. The van der Waals surface area contributed by atoms with Gasteiger partial charge in [0.1, 0.15) is 0 Å². The summed E-state index contributed by atoms with van der Waals surface area (Å²) in [5.41, 5.74) is 2.22. The molecule has 0 N–H and O–H groups in total. The molecule has 1 nitrogen and oxygen atoms in total. The number of hydrogen-bond donors (Lipinski definition) is 0. The van der Waals surface area contributed by atoms with Gasteiger partial charge in [0.05, 0.1) is 5.69 Å². The third kappa shape index (κ3) is 5.00. The van der Waals surface area contributed by atoms with Crippen LogP contribution in [0, 0.1) is 0 Å². The lowest BCUT2D eigenvalue weighted by Gasteiger charge is -2.04. The van der Waals surface area contributed by atoms with Crippen molar-refractivity contribution in [2.24, 2.45) is 0 Å². The van der Waals surface area contributed by atoms with Crippen LogP contribution in [-0.2, 0) is 0 Å². The van der Waals surface area contributed by atoms with E-state index >= 15 is 0 Å². The Kier molecular flexibility index (Phi) is 8.59. The quantitative estimate of drug-likeness (QED) is 0.510. The SMILES string of the molecule is CC.CCCC.c1ccc(-c2nccc3ccccc23)cc1. The zero-order chi connectivity index (χ0) is 16.2. The molecule has 0 saturated carbocycles. The normalized spacial score (nSPS) is 9.27. The summed E-state index contributed by atoms with van der Waals surface area (Å²) in [6.45, 7) is 8.36. The standard InChI is InChI=1S/C15H11N.C4H10.C2H6/c1-2-7-13(8-3-1)15-14-9-5-4-6-12(14)10-11-16-15;1-3-4-2;1-2/h1-11H;3-4H2,1-2H3;1-2H3. The van der Waals surface area contributed by atoms with E-state index in [-0.39, 0.29) is 0 Å². The van der Waals surface area contributed by atoms with Crippen LogP contribution in [0.1, 0.15) is 40.5 Å². The van der Waals surface area contributed by atoms with Crippen LogP contribution in [0.5, 0.6) is 0 Å². The van der Waals surface area contributed by atoms with Gasteiger partial charge in [-0.05, 0) is 11.5 Å². The molecule has 1 heteroatoms. The Bertz CT molecular complexity index is 637. The van der Waals surface area contributed by atoms with Crippen LogP contribution >= 0.6 is 0 Å². The van der Waals surface area contributed by atoms with E-state index in [1.54, 1.807) is 0 Å². The van der Waals surface area contributed by atoms with Crippen LogP contribution in [0.3, 0.4) is 0 Å². The number of benzene rings is 2. The molecule has 1 heterocycles. The van der Waals surface area contributed by atoms with Crippen molar-refractivity contribution in [2.45, 2.75) is 40.5 Å². The largest absolute Gasteiger partial charge is 0.256 e. The lowest BCUT2D eigenvalue weighted by Crippen LogP contribution is -1.84. The van der Waals surface area contributed by atoms with Crippen LogP contribution in [0.2, 0.25) is 0 Å². The fourth-order valence-corrected chi connectivity index (χ4v) is 1.95. The monoisotopic (exact) mass is 293 g/mol. The van der Waals surface area contributed by atoms with Crippen LogP contribution in [0.15, 0.2) is 66.9 Å². The number of fused-ring (bicyclic) bond motifs is 1. The van der Waals surface area contributed by atoms with Crippen LogP contribution < -0.4 is 0 Å². The molecule has 2 aromatic carbocycles. The fraction of sp³-hybridized carbons (Fsp3) is 0.286. The summed E-state index contributed by atoms with van der Waals surface area (Å²) in [6, 6.07) is 20.7. The third-order valence-corrected chi connectivity index (χ3v) is 3.22. The second-order valence-electron chi connectivity index (χ2n) is 4.75. The Labute approximate surface area is 135 Å². The molecular weight excluding hydrogens is 266 g/mol. The first-order valence-electron chi connectivity index (χ1n) is 8.26. The van der Waals surface area contributed by atoms with Crippen molar-refractivity contribution in [3.63, 3.8) is 0 Å². The molecule has 0 bridgehead atoms. The van der Waals surface area contributed by atoms with E-state index in [0.29, 0.717) is 0 Å². The minimum atomic E-state index is 1.05. The number of unbranched alkanes of at least 4 members (excludes halogenated alkanes) is 1. The van der Waals surface area contributed by atoms with Gasteiger partial charge in [-0.15, -0.1) is 0 Å². The van der Waals surface area contributed by atoms with E-state index in [2.05, 4.69) is 55.2 Å². The summed E-state index contributed by atoms with van der Waals surface area (Å²) in [7, 11) is 0. The zero-order valence-corrected chi connectivity index (χ0v) is 14.2. The maximum absolute atomic E-state index is 4.48. The Morgan fingerprint density at radius 1 is 0.727 bits per heavy atom. The summed E-state index contributed by atoms with van der Waals surface area (Å²) in [4.78, 5) is 4.48. The molecule has 0 atom stereocenters. The summed E-state index contributed by atoms with van der Waals surface area (Å²) < 4.78 is 0. The molecule has 0 unspecified atom stereocenters.